The Morgan fingerprint density at radius 3 is 2.79 bits per heavy atom. The molecule has 0 bridgehead atoms. The van der Waals surface area contributed by atoms with Gasteiger partial charge in [0, 0.05) is 18.4 Å². The number of methoxy groups -OCH3 is 1. The smallest absolute Gasteiger partial charge is 0.280 e. The first-order chi connectivity index (χ1) is 14.1. The van der Waals surface area contributed by atoms with E-state index in [0.29, 0.717) is 23.9 Å². The zero-order chi connectivity index (χ0) is 20.4. The van der Waals surface area contributed by atoms with Gasteiger partial charge in [-0.15, -0.1) is 0 Å². The third-order valence-electron chi connectivity index (χ3n) is 4.61. The minimum Gasteiger partial charge on any atom is -0.497 e. The van der Waals surface area contributed by atoms with Crippen LogP contribution in [0.2, 0.25) is 0 Å². The summed E-state index contributed by atoms with van der Waals surface area (Å²) in [6.45, 7) is 4.97. The largest absolute Gasteiger partial charge is 0.497 e. The number of anilines is 1. The van der Waals surface area contributed by atoms with Gasteiger partial charge in [-0.1, -0.05) is 17.4 Å². The van der Waals surface area contributed by atoms with Crippen LogP contribution < -0.4 is 9.64 Å². The highest BCUT2D eigenvalue weighted by atomic mass is 32.1. The number of nitrogens with zero attached hydrogens (tertiary/aromatic N) is 5. The molecule has 4 aromatic rings. The summed E-state index contributed by atoms with van der Waals surface area (Å²) in [7, 11) is 1.63. The molecule has 148 valence electrons. The Kier molecular flexibility index (Phi) is 5.26. The summed E-state index contributed by atoms with van der Waals surface area (Å²) in [5, 5.41) is 5.06. The van der Waals surface area contributed by atoms with Gasteiger partial charge in [-0.2, -0.15) is 5.10 Å². The van der Waals surface area contributed by atoms with Gasteiger partial charge in [0.1, 0.15) is 5.75 Å². The third kappa shape index (κ3) is 3.84. The van der Waals surface area contributed by atoms with Crippen molar-refractivity contribution in [2.24, 2.45) is 0 Å². The van der Waals surface area contributed by atoms with Crippen molar-refractivity contribution < 1.29 is 9.53 Å². The highest BCUT2D eigenvalue weighted by molar-refractivity contribution is 7.22. The van der Waals surface area contributed by atoms with Crippen molar-refractivity contribution >= 4 is 32.6 Å². The normalized spacial score (nSPS) is 11.0. The van der Waals surface area contributed by atoms with E-state index in [0.717, 1.165) is 27.4 Å². The molecule has 1 amide bonds. The molecule has 1 aromatic carbocycles. The first kappa shape index (κ1) is 19.1. The second-order valence-electron chi connectivity index (χ2n) is 6.53. The summed E-state index contributed by atoms with van der Waals surface area (Å²) in [5.74, 6) is 0.560. The van der Waals surface area contributed by atoms with Gasteiger partial charge in [0.2, 0.25) is 0 Å². The number of aryl methyl sites for hydroxylation is 2. The number of hydrogen-bond acceptors (Lipinski definition) is 6. The lowest BCUT2D eigenvalue weighted by molar-refractivity contribution is 0.0979. The number of carbonyl (C=O) groups excluding carboxylic acids is 1. The van der Waals surface area contributed by atoms with E-state index in [1.54, 1.807) is 18.2 Å². The van der Waals surface area contributed by atoms with Crippen molar-refractivity contribution in [1.29, 1.82) is 0 Å². The third-order valence-corrected chi connectivity index (χ3v) is 5.65. The number of benzene rings is 1. The highest BCUT2D eigenvalue weighted by Gasteiger charge is 2.25. The quantitative estimate of drug-likeness (QED) is 0.482. The number of fused-ring (bicyclic) bond motifs is 1. The van der Waals surface area contributed by atoms with Crippen LogP contribution in [0, 0.1) is 6.92 Å². The van der Waals surface area contributed by atoms with Crippen LogP contribution >= 0.6 is 11.3 Å². The van der Waals surface area contributed by atoms with Crippen molar-refractivity contribution in [2.45, 2.75) is 26.9 Å². The lowest BCUT2D eigenvalue weighted by Crippen LogP contribution is -2.31. The average molecular weight is 407 g/mol. The van der Waals surface area contributed by atoms with E-state index >= 15 is 0 Å². The SMILES string of the molecule is CCn1nc(C(=O)N(Cc2ccccn2)c2nc3ccc(OC)cc3s2)cc1C. The number of amides is 1. The van der Waals surface area contributed by atoms with E-state index in [1.165, 1.54) is 11.3 Å². The second kappa shape index (κ2) is 8.00. The van der Waals surface area contributed by atoms with E-state index in [9.17, 15) is 4.79 Å². The van der Waals surface area contributed by atoms with Crippen LogP contribution in [0.3, 0.4) is 0 Å². The summed E-state index contributed by atoms with van der Waals surface area (Å²) < 4.78 is 8.08. The fourth-order valence-corrected chi connectivity index (χ4v) is 4.08. The maximum absolute atomic E-state index is 13.4. The van der Waals surface area contributed by atoms with Crippen molar-refractivity contribution in [3.05, 3.63) is 65.7 Å². The maximum Gasteiger partial charge on any atom is 0.280 e. The first-order valence-electron chi connectivity index (χ1n) is 9.30. The van der Waals surface area contributed by atoms with Crippen LogP contribution in [0.25, 0.3) is 10.2 Å². The molecule has 4 rings (SSSR count). The number of carbonyl (C=O) groups is 1. The molecule has 0 unspecified atom stereocenters. The molecule has 0 radical (unpaired) electrons. The molecule has 0 spiro atoms. The molecule has 0 saturated carbocycles. The van der Waals surface area contributed by atoms with Gasteiger partial charge in [0.25, 0.3) is 5.91 Å². The van der Waals surface area contributed by atoms with Crippen LogP contribution in [-0.4, -0.2) is 32.8 Å². The Balaban J connectivity index is 1.76. The van der Waals surface area contributed by atoms with Gasteiger partial charge >= 0.3 is 0 Å². The topological polar surface area (TPSA) is 73.1 Å². The fraction of sp³-hybridized carbons (Fsp3) is 0.238. The second-order valence-corrected chi connectivity index (χ2v) is 7.54. The van der Waals surface area contributed by atoms with Crippen molar-refractivity contribution in [2.75, 3.05) is 12.0 Å². The van der Waals surface area contributed by atoms with Crippen molar-refractivity contribution in [1.82, 2.24) is 19.7 Å². The molecular weight excluding hydrogens is 386 g/mol. The van der Waals surface area contributed by atoms with E-state index in [1.807, 2.05) is 61.0 Å². The number of pyridine rings is 1. The first-order valence-corrected chi connectivity index (χ1v) is 10.1. The average Bonchev–Trinajstić information content (AvgIpc) is 3.34. The molecule has 0 aliphatic heterocycles. The monoisotopic (exact) mass is 407 g/mol. The lowest BCUT2D eigenvalue weighted by atomic mass is 10.3. The van der Waals surface area contributed by atoms with Crippen molar-refractivity contribution in [3.8, 4) is 5.75 Å². The molecule has 0 aliphatic rings. The van der Waals surface area contributed by atoms with Gasteiger partial charge in [-0.25, -0.2) is 4.98 Å². The number of thiazole rings is 1. The van der Waals surface area contributed by atoms with E-state index in [4.69, 9.17) is 4.74 Å². The molecular formula is C21H21N5O2S. The number of hydrogen-bond donors (Lipinski definition) is 0. The molecule has 0 saturated heterocycles. The maximum atomic E-state index is 13.4. The molecule has 29 heavy (non-hydrogen) atoms. The van der Waals surface area contributed by atoms with Crippen LogP contribution in [0.15, 0.2) is 48.7 Å². The molecule has 3 aromatic heterocycles. The minimum atomic E-state index is -0.197. The Bertz CT molecular complexity index is 1150. The van der Waals surface area contributed by atoms with Crippen LogP contribution in [0.5, 0.6) is 5.75 Å². The van der Waals surface area contributed by atoms with E-state index in [-0.39, 0.29) is 5.91 Å². The van der Waals surface area contributed by atoms with Gasteiger partial charge in [0.05, 0.1) is 29.6 Å². The number of rotatable bonds is 6. The summed E-state index contributed by atoms with van der Waals surface area (Å²) in [6, 6.07) is 13.2. The van der Waals surface area contributed by atoms with E-state index in [2.05, 4.69) is 15.1 Å². The van der Waals surface area contributed by atoms with Crippen molar-refractivity contribution in [3.63, 3.8) is 0 Å². The number of ether oxygens (including phenoxy) is 1. The minimum absolute atomic E-state index is 0.197. The van der Waals surface area contributed by atoms with Gasteiger partial charge in [-0.05, 0) is 50.2 Å². The van der Waals surface area contributed by atoms with Gasteiger partial charge < -0.3 is 4.74 Å². The molecule has 7 nitrogen and oxygen atoms in total. The molecule has 0 N–H and O–H groups in total. The fourth-order valence-electron chi connectivity index (χ4n) is 3.09. The summed E-state index contributed by atoms with van der Waals surface area (Å²) in [4.78, 5) is 24.1. The predicted molar refractivity (Wildman–Crippen MR) is 114 cm³/mol. The molecule has 0 fully saturated rings. The summed E-state index contributed by atoms with van der Waals surface area (Å²) in [6.07, 6.45) is 1.72. The Labute approximate surface area is 172 Å². The van der Waals surface area contributed by atoms with Crippen LogP contribution in [0.1, 0.15) is 28.8 Å². The molecule has 0 atom stereocenters. The summed E-state index contributed by atoms with van der Waals surface area (Å²) in [5.41, 5.74) is 2.95. The number of aromatic nitrogens is 4. The highest BCUT2D eigenvalue weighted by Crippen LogP contribution is 2.32. The molecule has 8 heteroatoms. The van der Waals surface area contributed by atoms with Gasteiger partial charge in [0.15, 0.2) is 10.8 Å². The molecule has 0 aliphatic carbocycles. The van der Waals surface area contributed by atoms with Crippen LogP contribution in [-0.2, 0) is 13.1 Å². The Morgan fingerprint density at radius 2 is 2.10 bits per heavy atom. The van der Waals surface area contributed by atoms with E-state index < -0.39 is 0 Å². The summed E-state index contributed by atoms with van der Waals surface area (Å²) >= 11 is 1.45. The van der Waals surface area contributed by atoms with Gasteiger partial charge in [-0.3, -0.25) is 19.4 Å². The Hall–Kier alpha value is -3.26. The predicted octanol–water partition coefficient (Wildman–Crippen LogP) is 4.07. The zero-order valence-electron chi connectivity index (χ0n) is 16.5. The molecule has 3 heterocycles. The van der Waals surface area contributed by atoms with Crippen LogP contribution in [0.4, 0.5) is 5.13 Å². The standard InChI is InChI=1S/C21H21N5O2S/c1-4-26-14(2)11-18(24-26)20(27)25(13-15-7-5-6-10-22-15)21-23-17-9-8-16(28-3)12-19(17)29-21/h5-12H,4,13H2,1-3H3. The lowest BCUT2D eigenvalue weighted by Gasteiger charge is -2.18. The zero-order valence-corrected chi connectivity index (χ0v) is 17.3. The Morgan fingerprint density at radius 1 is 1.24 bits per heavy atom.